The number of rotatable bonds is 5. The lowest BCUT2D eigenvalue weighted by atomic mass is 10.2. The molecule has 20 heavy (non-hydrogen) atoms. The molecule has 1 aromatic carbocycles. The number of tetrazole rings is 1. The van der Waals surface area contributed by atoms with Gasteiger partial charge in [0, 0.05) is 17.6 Å². The summed E-state index contributed by atoms with van der Waals surface area (Å²) in [5.41, 5.74) is 7.63. The molecule has 7 nitrogen and oxygen atoms in total. The van der Waals surface area contributed by atoms with Crippen molar-refractivity contribution in [1.29, 1.82) is 0 Å². The van der Waals surface area contributed by atoms with Gasteiger partial charge < -0.3 is 10.6 Å². The predicted octanol–water partition coefficient (Wildman–Crippen LogP) is 1.75. The number of hydrogen-bond donors (Lipinski definition) is 1. The van der Waals surface area contributed by atoms with E-state index in [9.17, 15) is 0 Å². The number of halogens is 1. The minimum Gasteiger partial charge on any atom is -0.371 e. The SMILES string of the molecule is CCN(CC)c1ccc(C=Nn2nnnc2N)cc1Br. The summed E-state index contributed by atoms with van der Waals surface area (Å²) in [6.45, 7) is 6.19. The number of hydrogen-bond acceptors (Lipinski definition) is 6. The minimum absolute atomic E-state index is 0.153. The Balaban J connectivity index is 2.21. The molecule has 0 saturated carbocycles. The highest BCUT2D eigenvalue weighted by atomic mass is 79.9. The van der Waals surface area contributed by atoms with Crippen LogP contribution in [0.2, 0.25) is 0 Å². The second-order valence-electron chi connectivity index (χ2n) is 4.05. The maximum Gasteiger partial charge on any atom is 0.263 e. The fourth-order valence-electron chi connectivity index (χ4n) is 1.82. The van der Waals surface area contributed by atoms with Crippen molar-refractivity contribution in [2.75, 3.05) is 23.7 Å². The Morgan fingerprint density at radius 1 is 1.40 bits per heavy atom. The molecule has 0 atom stereocenters. The standard InChI is InChI=1S/C12H16BrN7/c1-3-19(4-2)11-6-5-9(7-10(11)13)8-15-20-12(14)16-17-18-20/h5-8H,3-4H2,1-2H3,(H2,14,16,18). The average Bonchev–Trinajstić information content (AvgIpc) is 2.85. The molecule has 0 saturated heterocycles. The van der Waals surface area contributed by atoms with Crippen LogP contribution < -0.4 is 10.6 Å². The molecule has 1 aromatic heterocycles. The van der Waals surface area contributed by atoms with Gasteiger partial charge >= 0.3 is 0 Å². The average molecular weight is 338 g/mol. The van der Waals surface area contributed by atoms with Crippen LogP contribution in [-0.4, -0.2) is 39.6 Å². The largest absolute Gasteiger partial charge is 0.371 e. The molecular formula is C12H16BrN7. The Hall–Kier alpha value is -1.96. The van der Waals surface area contributed by atoms with Crippen molar-refractivity contribution in [2.45, 2.75) is 13.8 Å². The fourth-order valence-corrected chi connectivity index (χ4v) is 2.46. The summed E-state index contributed by atoms with van der Waals surface area (Å²) >= 11 is 3.59. The smallest absolute Gasteiger partial charge is 0.263 e. The van der Waals surface area contributed by atoms with Crippen LogP contribution in [0, 0.1) is 0 Å². The second-order valence-corrected chi connectivity index (χ2v) is 4.91. The number of nitrogens with zero attached hydrogens (tertiary/aromatic N) is 6. The van der Waals surface area contributed by atoms with Gasteiger partial charge in [0.15, 0.2) is 0 Å². The Morgan fingerprint density at radius 2 is 2.15 bits per heavy atom. The number of nitrogen functional groups attached to an aromatic ring is 1. The maximum absolute atomic E-state index is 5.53. The summed E-state index contributed by atoms with van der Waals surface area (Å²) in [6.07, 6.45) is 1.66. The fraction of sp³-hybridized carbons (Fsp3) is 0.333. The molecule has 2 N–H and O–H groups in total. The van der Waals surface area contributed by atoms with E-state index in [0.29, 0.717) is 0 Å². The molecule has 0 amide bonds. The van der Waals surface area contributed by atoms with E-state index in [0.717, 1.165) is 28.8 Å². The van der Waals surface area contributed by atoms with Gasteiger partial charge in [-0.3, -0.25) is 0 Å². The third kappa shape index (κ3) is 3.13. The highest BCUT2D eigenvalue weighted by molar-refractivity contribution is 9.10. The van der Waals surface area contributed by atoms with Gasteiger partial charge in [0.1, 0.15) is 0 Å². The van der Waals surface area contributed by atoms with E-state index in [1.807, 2.05) is 12.1 Å². The van der Waals surface area contributed by atoms with Gasteiger partial charge in [-0.1, -0.05) is 16.0 Å². The first kappa shape index (κ1) is 14.4. The third-order valence-electron chi connectivity index (χ3n) is 2.87. The molecule has 2 rings (SSSR count). The van der Waals surface area contributed by atoms with Crippen molar-refractivity contribution < 1.29 is 0 Å². The van der Waals surface area contributed by atoms with E-state index in [1.54, 1.807) is 6.21 Å². The van der Waals surface area contributed by atoms with Crippen molar-refractivity contribution in [3.05, 3.63) is 28.2 Å². The first-order valence-corrected chi connectivity index (χ1v) is 7.07. The van der Waals surface area contributed by atoms with Gasteiger partial charge in [-0.15, -0.1) is 0 Å². The molecule has 0 bridgehead atoms. The molecule has 0 unspecified atom stereocenters. The molecule has 2 aromatic rings. The first-order valence-electron chi connectivity index (χ1n) is 6.28. The van der Waals surface area contributed by atoms with Crippen LogP contribution in [0.1, 0.15) is 19.4 Å². The normalized spacial score (nSPS) is 11.2. The van der Waals surface area contributed by atoms with Crippen molar-refractivity contribution in [3.8, 4) is 0 Å². The van der Waals surface area contributed by atoms with Crippen molar-refractivity contribution in [3.63, 3.8) is 0 Å². The number of anilines is 2. The quantitative estimate of drug-likeness (QED) is 0.840. The number of nitrogens with two attached hydrogens (primary N) is 1. The molecule has 0 fully saturated rings. The Bertz CT molecular complexity index is 604. The van der Waals surface area contributed by atoms with Gasteiger partial charge in [0.05, 0.1) is 11.9 Å². The second kappa shape index (κ2) is 6.47. The van der Waals surface area contributed by atoms with Crippen LogP contribution >= 0.6 is 15.9 Å². The van der Waals surface area contributed by atoms with Crippen LogP contribution in [0.5, 0.6) is 0 Å². The van der Waals surface area contributed by atoms with E-state index in [4.69, 9.17) is 5.73 Å². The lowest BCUT2D eigenvalue weighted by molar-refractivity contribution is 0.699. The van der Waals surface area contributed by atoms with Gasteiger partial charge in [-0.25, -0.2) is 0 Å². The molecule has 1 heterocycles. The predicted molar refractivity (Wildman–Crippen MR) is 82.9 cm³/mol. The molecule has 106 valence electrons. The highest BCUT2D eigenvalue weighted by Gasteiger charge is 2.06. The van der Waals surface area contributed by atoms with Gasteiger partial charge in [0.2, 0.25) is 0 Å². The number of aromatic nitrogens is 4. The van der Waals surface area contributed by atoms with Crippen LogP contribution in [0.3, 0.4) is 0 Å². The highest BCUT2D eigenvalue weighted by Crippen LogP contribution is 2.26. The number of benzene rings is 1. The summed E-state index contributed by atoms with van der Waals surface area (Å²) < 4.78 is 1.02. The monoisotopic (exact) mass is 337 g/mol. The zero-order valence-corrected chi connectivity index (χ0v) is 12.9. The minimum atomic E-state index is 0.153. The Kier molecular flexibility index (Phi) is 4.67. The lowest BCUT2D eigenvalue weighted by Crippen LogP contribution is -2.22. The lowest BCUT2D eigenvalue weighted by Gasteiger charge is -2.22. The Labute approximate surface area is 125 Å². The third-order valence-corrected chi connectivity index (χ3v) is 3.50. The summed E-state index contributed by atoms with van der Waals surface area (Å²) in [6, 6.07) is 6.04. The first-order chi connectivity index (χ1) is 9.65. The van der Waals surface area contributed by atoms with Crippen LogP contribution in [0.25, 0.3) is 0 Å². The van der Waals surface area contributed by atoms with E-state index in [1.165, 1.54) is 4.79 Å². The van der Waals surface area contributed by atoms with Crippen LogP contribution in [0.15, 0.2) is 27.8 Å². The maximum atomic E-state index is 5.53. The zero-order valence-electron chi connectivity index (χ0n) is 11.4. The molecule has 0 aliphatic rings. The zero-order chi connectivity index (χ0) is 14.5. The molecule has 0 aliphatic heterocycles. The topological polar surface area (TPSA) is 85.2 Å². The van der Waals surface area contributed by atoms with E-state index >= 15 is 0 Å². The summed E-state index contributed by atoms with van der Waals surface area (Å²) in [5.74, 6) is 0.153. The van der Waals surface area contributed by atoms with E-state index < -0.39 is 0 Å². The van der Waals surface area contributed by atoms with Gasteiger partial charge in [-0.05, 0) is 57.9 Å². The summed E-state index contributed by atoms with van der Waals surface area (Å²) in [4.78, 5) is 3.44. The molecular weight excluding hydrogens is 322 g/mol. The molecule has 0 spiro atoms. The Morgan fingerprint density at radius 3 is 2.70 bits per heavy atom. The van der Waals surface area contributed by atoms with Crippen molar-refractivity contribution in [1.82, 2.24) is 20.3 Å². The van der Waals surface area contributed by atoms with E-state index in [2.05, 4.69) is 61.4 Å². The van der Waals surface area contributed by atoms with E-state index in [-0.39, 0.29) is 5.95 Å². The summed E-state index contributed by atoms with van der Waals surface area (Å²) in [5, 5.41) is 14.7. The van der Waals surface area contributed by atoms with Crippen LogP contribution in [0.4, 0.5) is 11.6 Å². The van der Waals surface area contributed by atoms with Gasteiger partial charge in [0.25, 0.3) is 5.95 Å². The molecule has 8 heteroatoms. The van der Waals surface area contributed by atoms with Gasteiger partial charge in [-0.2, -0.15) is 5.10 Å². The van der Waals surface area contributed by atoms with Crippen molar-refractivity contribution >= 4 is 33.8 Å². The van der Waals surface area contributed by atoms with Crippen molar-refractivity contribution in [2.24, 2.45) is 5.10 Å². The summed E-state index contributed by atoms with van der Waals surface area (Å²) in [7, 11) is 0. The molecule has 0 aliphatic carbocycles. The van der Waals surface area contributed by atoms with Crippen LogP contribution in [-0.2, 0) is 0 Å². The molecule has 0 radical (unpaired) electrons.